The normalized spacial score (nSPS) is 10.1. The second-order valence-corrected chi connectivity index (χ2v) is 3.35. The van der Waals surface area contributed by atoms with Crippen LogP contribution in [0.5, 0.6) is 11.5 Å². The van der Waals surface area contributed by atoms with E-state index >= 15 is 0 Å². The molecule has 0 spiro atoms. The van der Waals surface area contributed by atoms with Gasteiger partial charge in [-0.25, -0.2) is 0 Å². The Morgan fingerprint density at radius 3 is 2.73 bits per heavy atom. The van der Waals surface area contributed by atoms with Crippen LogP contribution in [0.15, 0.2) is 18.2 Å². The minimum absolute atomic E-state index is 0.471. The van der Waals surface area contributed by atoms with Gasteiger partial charge in [-0.3, -0.25) is 0 Å². The fourth-order valence-corrected chi connectivity index (χ4v) is 1.37. The Balaban J connectivity index is 2.80. The van der Waals surface area contributed by atoms with Crippen LogP contribution in [-0.4, -0.2) is 13.7 Å². The van der Waals surface area contributed by atoms with Crippen molar-refractivity contribution in [3.05, 3.63) is 23.8 Å². The van der Waals surface area contributed by atoms with E-state index in [1.54, 1.807) is 7.11 Å². The van der Waals surface area contributed by atoms with Crippen molar-refractivity contribution in [2.24, 2.45) is 5.73 Å². The van der Waals surface area contributed by atoms with E-state index in [9.17, 15) is 0 Å². The maximum atomic E-state index is 5.69. The molecule has 0 heterocycles. The van der Waals surface area contributed by atoms with Gasteiger partial charge in [0, 0.05) is 12.1 Å². The largest absolute Gasteiger partial charge is 0.493 e. The first-order valence-corrected chi connectivity index (χ1v) is 5.32. The maximum absolute atomic E-state index is 5.69. The topological polar surface area (TPSA) is 44.5 Å². The third-order valence-electron chi connectivity index (χ3n) is 2.24. The molecular formula is C12H19NO2. The van der Waals surface area contributed by atoms with E-state index < -0.39 is 0 Å². The van der Waals surface area contributed by atoms with Gasteiger partial charge in [0.1, 0.15) is 0 Å². The fraction of sp³-hybridized carbons (Fsp3) is 0.500. The Hall–Kier alpha value is -1.22. The van der Waals surface area contributed by atoms with Crippen LogP contribution in [0.3, 0.4) is 0 Å². The highest BCUT2D eigenvalue weighted by Gasteiger charge is 2.08. The van der Waals surface area contributed by atoms with Crippen molar-refractivity contribution in [1.29, 1.82) is 0 Å². The molecule has 3 heteroatoms. The van der Waals surface area contributed by atoms with Crippen LogP contribution < -0.4 is 15.2 Å². The van der Waals surface area contributed by atoms with E-state index in [1.165, 1.54) is 0 Å². The Morgan fingerprint density at radius 1 is 1.33 bits per heavy atom. The molecule has 0 unspecified atom stereocenters. The molecule has 0 atom stereocenters. The highest BCUT2D eigenvalue weighted by molar-refractivity contribution is 5.46. The van der Waals surface area contributed by atoms with Gasteiger partial charge in [0.2, 0.25) is 0 Å². The molecule has 1 aromatic carbocycles. The molecular weight excluding hydrogens is 190 g/mol. The highest BCUT2D eigenvalue weighted by atomic mass is 16.5. The van der Waals surface area contributed by atoms with Crippen LogP contribution >= 0.6 is 0 Å². The third-order valence-corrected chi connectivity index (χ3v) is 2.24. The zero-order valence-electron chi connectivity index (χ0n) is 9.45. The molecule has 0 aliphatic rings. The van der Waals surface area contributed by atoms with Crippen molar-refractivity contribution in [3.63, 3.8) is 0 Å². The summed E-state index contributed by atoms with van der Waals surface area (Å²) in [5.41, 5.74) is 6.63. The monoisotopic (exact) mass is 209 g/mol. The summed E-state index contributed by atoms with van der Waals surface area (Å²) in [5.74, 6) is 1.55. The van der Waals surface area contributed by atoms with E-state index in [0.29, 0.717) is 13.2 Å². The predicted molar refractivity (Wildman–Crippen MR) is 61.3 cm³/mol. The Labute approximate surface area is 91.2 Å². The molecule has 0 aromatic heterocycles. The van der Waals surface area contributed by atoms with Crippen molar-refractivity contribution in [1.82, 2.24) is 0 Å². The Kier molecular flexibility index (Phi) is 4.98. The van der Waals surface area contributed by atoms with Crippen molar-refractivity contribution in [2.75, 3.05) is 13.7 Å². The maximum Gasteiger partial charge on any atom is 0.165 e. The number of nitrogens with two attached hydrogens (primary N) is 1. The van der Waals surface area contributed by atoms with Gasteiger partial charge >= 0.3 is 0 Å². The summed E-state index contributed by atoms with van der Waals surface area (Å²) in [4.78, 5) is 0. The van der Waals surface area contributed by atoms with Gasteiger partial charge in [0.15, 0.2) is 11.5 Å². The highest BCUT2D eigenvalue weighted by Crippen LogP contribution is 2.30. The molecule has 0 aliphatic heterocycles. The molecule has 0 radical (unpaired) electrons. The van der Waals surface area contributed by atoms with E-state index in [1.807, 2.05) is 18.2 Å². The van der Waals surface area contributed by atoms with E-state index in [-0.39, 0.29) is 0 Å². The number of benzene rings is 1. The summed E-state index contributed by atoms with van der Waals surface area (Å²) in [6.07, 6.45) is 2.16. The Bertz CT molecular complexity index is 277. The summed E-state index contributed by atoms with van der Waals surface area (Å²) in [6, 6.07) is 5.78. The number of ether oxygens (including phenoxy) is 2. The third kappa shape index (κ3) is 3.13. The lowest BCUT2D eigenvalue weighted by atomic mass is 10.2. The lowest BCUT2D eigenvalue weighted by molar-refractivity contribution is 0.285. The van der Waals surface area contributed by atoms with Crippen molar-refractivity contribution in [3.8, 4) is 11.5 Å². The second-order valence-electron chi connectivity index (χ2n) is 3.35. The van der Waals surface area contributed by atoms with Gasteiger partial charge in [-0.05, 0) is 12.5 Å². The number of rotatable bonds is 6. The zero-order chi connectivity index (χ0) is 11.1. The predicted octanol–water partition coefficient (Wildman–Crippen LogP) is 2.33. The molecule has 2 N–H and O–H groups in total. The number of hydrogen-bond donors (Lipinski definition) is 1. The molecule has 0 fully saturated rings. The van der Waals surface area contributed by atoms with Crippen molar-refractivity contribution in [2.45, 2.75) is 26.3 Å². The van der Waals surface area contributed by atoms with E-state index in [0.717, 1.165) is 29.9 Å². The summed E-state index contributed by atoms with van der Waals surface area (Å²) in [5, 5.41) is 0. The van der Waals surface area contributed by atoms with Crippen LogP contribution in [-0.2, 0) is 6.54 Å². The summed E-state index contributed by atoms with van der Waals surface area (Å²) in [7, 11) is 1.64. The van der Waals surface area contributed by atoms with Crippen LogP contribution in [0.25, 0.3) is 0 Å². The van der Waals surface area contributed by atoms with Gasteiger partial charge in [-0.2, -0.15) is 0 Å². The zero-order valence-corrected chi connectivity index (χ0v) is 9.45. The van der Waals surface area contributed by atoms with Gasteiger partial charge < -0.3 is 15.2 Å². The van der Waals surface area contributed by atoms with Crippen LogP contribution in [0.2, 0.25) is 0 Å². The standard InChI is InChI=1S/C12H19NO2/c1-3-4-8-15-12-10(9-13)6-5-7-11(12)14-2/h5-7H,3-4,8-9,13H2,1-2H3. The van der Waals surface area contributed by atoms with Gasteiger partial charge in [-0.1, -0.05) is 25.5 Å². The van der Waals surface area contributed by atoms with E-state index in [4.69, 9.17) is 15.2 Å². The summed E-state index contributed by atoms with van der Waals surface area (Å²) >= 11 is 0. The number of hydrogen-bond acceptors (Lipinski definition) is 3. The SMILES string of the molecule is CCCCOc1c(CN)cccc1OC. The molecule has 15 heavy (non-hydrogen) atoms. The molecule has 84 valence electrons. The van der Waals surface area contributed by atoms with Crippen LogP contribution in [0.4, 0.5) is 0 Å². The van der Waals surface area contributed by atoms with Crippen LogP contribution in [0, 0.1) is 0 Å². The lowest BCUT2D eigenvalue weighted by Crippen LogP contribution is -2.05. The smallest absolute Gasteiger partial charge is 0.165 e. The van der Waals surface area contributed by atoms with E-state index in [2.05, 4.69) is 6.92 Å². The first kappa shape index (κ1) is 11.9. The lowest BCUT2D eigenvalue weighted by Gasteiger charge is -2.13. The van der Waals surface area contributed by atoms with Crippen molar-refractivity contribution >= 4 is 0 Å². The molecule has 1 rings (SSSR count). The minimum Gasteiger partial charge on any atom is -0.493 e. The summed E-state index contributed by atoms with van der Waals surface area (Å²) < 4.78 is 10.9. The number of methoxy groups -OCH3 is 1. The molecule has 0 amide bonds. The molecule has 0 saturated carbocycles. The molecule has 3 nitrogen and oxygen atoms in total. The fourth-order valence-electron chi connectivity index (χ4n) is 1.37. The van der Waals surface area contributed by atoms with Crippen molar-refractivity contribution < 1.29 is 9.47 Å². The minimum atomic E-state index is 0.471. The van der Waals surface area contributed by atoms with Gasteiger partial charge in [0.25, 0.3) is 0 Å². The Morgan fingerprint density at radius 2 is 2.13 bits per heavy atom. The molecule has 1 aromatic rings. The first-order chi connectivity index (χ1) is 7.33. The average molecular weight is 209 g/mol. The molecule has 0 saturated heterocycles. The molecule has 0 aliphatic carbocycles. The second kappa shape index (κ2) is 6.30. The molecule has 0 bridgehead atoms. The number of unbranched alkanes of at least 4 members (excludes halogenated alkanes) is 1. The summed E-state index contributed by atoms with van der Waals surface area (Å²) in [6.45, 7) is 3.32. The van der Waals surface area contributed by atoms with Gasteiger partial charge in [0.05, 0.1) is 13.7 Å². The first-order valence-electron chi connectivity index (χ1n) is 5.32. The van der Waals surface area contributed by atoms with Crippen LogP contribution in [0.1, 0.15) is 25.3 Å². The average Bonchev–Trinajstić information content (AvgIpc) is 2.29. The quantitative estimate of drug-likeness (QED) is 0.731. The number of para-hydroxylation sites is 1. The van der Waals surface area contributed by atoms with Gasteiger partial charge in [-0.15, -0.1) is 0 Å².